The predicted octanol–water partition coefficient (Wildman–Crippen LogP) is 5.79. The molecular weight excluding hydrogens is 240 g/mol. The summed E-state index contributed by atoms with van der Waals surface area (Å²) in [4.78, 5) is 0. The van der Waals surface area contributed by atoms with Crippen molar-refractivity contribution in [3.63, 3.8) is 0 Å². The second-order valence-electron chi connectivity index (χ2n) is 8.70. The Kier molecular flexibility index (Phi) is 1.98. The molecule has 0 unspecified atom stereocenters. The van der Waals surface area contributed by atoms with Gasteiger partial charge in [0.1, 0.15) is 0 Å². The van der Waals surface area contributed by atoms with Crippen LogP contribution in [0.15, 0.2) is 24.3 Å². The third-order valence-electron chi connectivity index (χ3n) is 8.97. The SMILES string of the molecule is C=C1C2(CCC2)C(=C)C2(CCC2)C2(CCC2)C12CCC2. The highest BCUT2D eigenvalue weighted by Crippen LogP contribution is 2.85. The highest BCUT2D eigenvalue weighted by molar-refractivity contribution is 5.49. The minimum Gasteiger partial charge on any atom is -0.0984 e. The summed E-state index contributed by atoms with van der Waals surface area (Å²) < 4.78 is 0. The van der Waals surface area contributed by atoms with Crippen LogP contribution in [0.4, 0.5) is 0 Å². The van der Waals surface area contributed by atoms with Gasteiger partial charge in [0, 0.05) is 5.41 Å². The number of hydrogen-bond acceptors (Lipinski definition) is 0. The summed E-state index contributed by atoms with van der Waals surface area (Å²) in [5.74, 6) is 0. The maximum atomic E-state index is 4.76. The van der Waals surface area contributed by atoms with Gasteiger partial charge in [-0.1, -0.05) is 50.0 Å². The monoisotopic (exact) mass is 268 g/mol. The van der Waals surface area contributed by atoms with Crippen LogP contribution in [0.1, 0.15) is 77.0 Å². The molecule has 5 saturated carbocycles. The summed E-state index contributed by atoms with van der Waals surface area (Å²) >= 11 is 0. The second kappa shape index (κ2) is 3.28. The van der Waals surface area contributed by atoms with Crippen molar-refractivity contribution in [1.29, 1.82) is 0 Å². The summed E-state index contributed by atoms with van der Waals surface area (Å²) in [6.45, 7) is 9.51. The lowest BCUT2D eigenvalue weighted by molar-refractivity contribution is -0.214. The Hall–Kier alpha value is -0.520. The number of allylic oxidation sites excluding steroid dienone is 2. The smallest absolute Gasteiger partial charge is 0.0127 e. The summed E-state index contributed by atoms with van der Waals surface area (Å²) in [5.41, 5.74) is 5.45. The first-order chi connectivity index (χ1) is 9.64. The Morgan fingerprint density at radius 3 is 1.15 bits per heavy atom. The van der Waals surface area contributed by atoms with Crippen LogP contribution in [0.3, 0.4) is 0 Å². The van der Waals surface area contributed by atoms with Gasteiger partial charge in [0.05, 0.1) is 0 Å². The molecule has 5 aliphatic rings. The average molecular weight is 268 g/mol. The average Bonchev–Trinajstić information content (AvgIpc) is 2.19. The summed E-state index contributed by atoms with van der Waals surface area (Å²) in [7, 11) is 0. The van der Waals surface area contributed by atoms with E-state index in [0.717, 1.165) is 0 Å². The van der Waals surface area contributed by atoms with Gasteiger partial charge >= 0.3 is 0 Å². The predicted molar refractivity (Wildman–Crippen MR) is 83.4 cm³/mol. The van der Waals surface area contributed by atoms with Crippen molar-refractivity contribution >= 4 is 0 Å². The second-order valence-corrected chi connectivity index (χ2v) is 8.70. The quantitative estimate of drug-likeness (QED) is 0.487. The van der Waals surface area contributed by atoms with Gasteiger partial charge in [0.2, 0.25) is 0 Å². The lowest BCUT2D eigenvalue weighted by Gasteiger charge is -2.79. The topological polar surface area (TPSA) is 0 Å². The van der Waals surface area contributed by atoms with Gasteiger partial charge in [-0.25, -0.2) is 0 Å². The molecular formula is C20H28. The van der Waals surface area contributed by atoms with E-state index in [1.807, 2.05) is 0 Å². The Morgan fingerprint density at radius 1 is 0.550 bits per heavy atom. The molecule has 5 rings (SSSR count). The molecule has 0 heteroatoms. The summed E-state index contributed by atoms with van der Waals surface area (Å²) in [6.07, 6.45) is 17.4. The molecule has 0 saturated heterocycles. The first-order valence-corrected chi connectivity index (χ1v) is 9.04. The zero-order valence-corrected chi connectivity index (χ0v) is 12.9. The van der Waals surface area contributed by atoms with Crippen molar-refractivity contribution in [3.8, 4) is 0 Å². The van der Waals surface area contributed by atoms with Crippen LogP contribution in [-0.4, -0.2) is 0 Å². The van der Waals surface area contributed by atoms with E-state index in [4.69, 9.17) is 13.2 Å². The molecule has 4 spiro atoms. The molecule has 0 N–H and O–H groups in total. The van der Waals surface area contributed by atoms with Gasteiger partial charge in [-0.2, -0.15) is 0 Å². The maximum absolute atomic E-state index is 4.76. The van der Waals surface area contributed by atoms with Gasteiger partial charge in [-0.05, 0) is 67.6 Å². The molecule has 0 amide bonds. The van der Waals surface area contributed by atoms with E-state index in [1.165, 1.54) is 77.0 Å². The molecule has 20 heavy (non-hydrogen) atoms. The van der Waals surface area contributed by atoms with E-state index >= 15 is 0 Å². The van der Waals surface area contributed by atoms with E-state index in [2.05, 4.69) is 0 Å². The minimum atomic E-state index is 0.391. The van der Waals surface area contributed by atoms with Crippen LogP contribution >= 0.6 is 0 Å². The Morgan fingerprint density at radius 2 is 0.950 bits per heavy atom. The Bertz CT molecular complexity index is 466. The fraction of sp³-hybridized carbons (Fsp3) is 0.800. The van der Waals surface area contributed by atoms with Crippen LogP contribution in [0.5, 0.6) is 0 Å². The molecule has 0 heterocycles. The van der Waals surface area contributed by atoms with Gasteiger partial charge in [-0.15, -0.1) is 0 Å². The van der Waals surface area contributed by atoms with E-state index in [-0.39, 0.29) is 0 Å². The maximum Gasteiger partial charge on any atom is 0.0127 e. The summed E-state index contributed by atoms with van der Waals surface area (Å²) in [6, 6.07) is 0. The third kappa shape index (κ3) is 0.879. The zero-order valence-electron chi connectivity index (χ0n) is 12.9. The molecule has 0 aliphatic heterocycles. The number of fused-ring (bicyclic) bond motifs is 2. The highest BCUT2D eigenvalue weighted by Gasteiger charge is 2.76. The van der Waals surface area contributed by atoms with Gasteiger partial charge in [-0.3, -0.25) is 0 Å². The fourth-order valence-corrected chi connectivity index (χ4v) is 7.38. The third-order valence-corrected chi connectivity index (χ3v) is 8.97. The van der Waals surface area contributed by atoms with E-state index in [1.54, 1.807) is 11.1 Å². The zero-order chi connectivity index (χ0) is 13.6. The first kappa shape index (κ1) is 12.1. The molecule has 0 aromatic heterocycles. The minimum absolute atomic E-state index is 0.391. The van der Waals surface area contributed by atoms with E-state index in [0.29, 0.717) is 21.7 Å². The number of hydrogen-bond donors (Lipinski definition) is 0. The molecule has 108 valence electrons. The Balaban J connectivity index is 1.72. The van der Waals surface area contributed by atoms with E-state index in [9.17, 15) is 0 Å². The van der Waals surface area contributed by atoms with Crippen LogP contribution < -0.4 is 0 Å². The van der Waals surface area contributed by atoms with Gasteiger partial charge in [0.15, 0.2) is 0 Å². The highest BCUT2D eigenvalue weighted by atomic mass is 14.8. The molecule has 5 aliphatic carbocycles. The molecule has 0 atom stereocenters. The molecule has 0 aromatic rings. The Labute approximate surface area is 123 Å². The van der Waals surface area contributed by atoms with Crippen LogP contribution in [0.25, 0.3) is 0 Å². The van der Waals surface area contributed by atoms with Crippen molar-refractivity contribution in [3.05, 3.63) is 24.3 Å². The lowest BCUT2D eigenvalue weighted by atomic mass is 9.24. The largest absolute Gasteiger partial charge is 0.0984 e. The summed E-state index contributed by atoms with van der Waals surface area (Å²) in [5, 5.41) is 0. The molecule has 0 bridgehead atoms. The standard InChI is InChI=1S/C20H28/c1-15-17(7-3-8-17)16(2)19(11-5-12-19)20(13-6-14-20)18(15)9-4-10-18/h1-14H2. The van der Waals surface area contributed by atoms with Crippen LogP contribution in [0, 0.1) is 21.7 Å². The van der Waals surface area contributed by atoms with Crippen molar-refractivity contribution in [2.75, 3.05) is 0 Å². The van der Waals surface area contributed by atoms with Crippen molar-refractivity contribution < 1.29 is 0 Å². The van der Waals surface area contributed by atoms with Gasteiger partial charge < -0.3 is 0 Å². The lowest BCUT2D eigenvalue weighted by Crippen LogP contribution is -2.70. The first-order valence-electron chi connectivity index (χ1n) is 9.04. The van der Waals surface area contributed by atoms with Crippen molar-refractivity contribution in [2.24, 2.45) is 21.7 Å². The van der Waals surface area contributed by atoms with Crippen molar-refractivity contribution in [1.82, 2.24) is 0 Å². The normalized spacial score (nSPS) is 37.4. The molecule has 0 nitrogen and oxygen atoms in total. The molecule has 5 fully saturated rings. The van der Waals surface area contributed by atoms with E-state index < -0.39 is 0 Å². The fourth-order valence-electron chi connectivity index (χ4n) is 7.38. The molecule has 0 aromatic carbocycles. The number of rotatable bonds is 0. The van der Waals surface area contributed by atoms with Crippen LogP contribution in [-0.2, 0) is 0 Å². The van der Waals surface area contributed by atoms with Crippen LogP contribution in [0.2, 0.25) is 0 Å². The van der Waals surface area contributed by atoms with Crippen molar-refractivity contribution in [2.45, 2.75) is 77.0 Å². The van der Waals surface area contributed by atoms with Gasteiger partial charge in [0.25, 0.3) is 0 Å². The molecule has 0 radical (unpaired) electrons.